The normalized spacial score (nSPS) is 19.5. The van der Waals surface area contributed by atoms with Gasteiger partial charge in [0.15, 0.2) is 11.5 Å². The number of ether oxygens (including phenoxy) is 2. The first-order valence-electron chi connectivity index (χ1n) is 10.3. The number of nitrogens with zero attached hydrogens (tertiary/aromatic N) is 4. The highest BCUT2D eigenvalue weighted by molar-refractivity contribution is 6.31. The second-order valence-corrected chi connectivity index (χ2v) is 8.35. The van der Waals surface area contributed by atoms with Crippen LogP contribution in [0.1, 0.15) is 0 Å². The zero-order valence-electron chi connectivity index (χ0n) is 17.1. The molecule has 0 saturated carbocycles. The van der Waals surface area contributed by atoms with Gasteiger partial charge >= 0.3 is 0 Å². The van der Waals surface area contributed by atoms with Gasteiger partial charge in [-0.1, -0.05) is 11.6 Å². The number of anilines is 2. The molecule has 0 spiro atoms. The molecular weight excluding hydrogens is 421 g/mol. The molecule has 1 unspecified atom stereocenters. The summed E-state index contributed by atoms with van der Waals surface area (Å²) >= 11 is 5.91. The smallest absolute Gasteiger partial charge is 0.163 e. The summed E-state index contributed by atoms with van der Waals surface area (Å²) in [5.74, 6) is 1.47. The van der Waals surface area contributed by atoms with Gasteiger partial charge in [0, 0.05) is 49.9 Å². The summed E-state index contributed by atoms with van der Waals surface area (Å²) in [6.07, 6.45) is 1.44. The Kier molecular flexibility index (Phi) is 5.52. The average molecular weight is 444 g/mol. The number of likely N-dealkylation sites (N-methyl/N-ethyl adjacent to an activating group) is 1. The minimum Gasteiger partial charge on any atom is -0.486 e. The zero-order chi connectivity index (χ0) is 21.4. The van der Waals surface area contributed by atoms with E-state index in [1.54, 1.807) is 6.07 Å². The highest BCUT2D eigenvalue weighted by Crippen LogP contribution is 2.38. The molecule has 162 valence electrons. The standard InChI is InChI=1S/C22H23ClFN5O2/c1-28-4-6-29(7-5-28)11-15-12-30-20-10-19-16(9-21(20)31-15)22(26-13-25-19)27-14-2-3-18(24)17(23)8-14/h2-3,8-10,13,15H,4-7,11-12H2,1H3,(H,25,26,27). The number of hydrogen-bond donors (Lipinski definition) is 1. The Morgan fingerprint density at radius 3 is 2.77 bits per heavy atom. The Morgan fingerprint density at radius 2 is 1.97 bits per heavy atom. The fourth-order valence-corrected chi connectivity index (χ4v) is 4.06. The molecule has 1 fully saturated rings. The fourth-order valence-electron chi connectivity index (χ4n) is 3.88. The minimum absolute atomic E-state index is 0.0368. The van der Waals surface area contributed by atoms with Crippen molar-refractivity contribution >= 4 is 34.0 Å². The molecule has 0 amide bonds. The summed E-state index contributed by atoms with van der Waals surface area (Å²) in [6.45, 7) is 5.53. The van der Waals surface area contributed by atoms with Crippen molar-refractivity contribution in [3.63, 3.8) is 0 Å². The van der Waals surface area contributed by atoms with Gasteiger partial charge in [-0.2, -0.15) is 0 Å². The lowest BCUT2D eigenvalue weighted by molar-refractivity contribution is 0.0442. The summed E-state index contributed by atoms with van der Waals surface area (Å²) in [5, 5.41) is 4.02. The molecule has 5 rings (SSSR count). The largest absolute Gasteiger partial charge is 0.486 e. The highest BCUT2D eigenvalue weighted by atomic mass is 35.5. The van der Waals surface area contributed by atoms with E-state index in [1.807, 2.05) is 12.1 Å². The number of hydrogen-bond acceptors (Lipinski definition) is 7. The molecule has 0 radical (unpaired) electrons. The minimum atomic E-state index is -0.467. The number of fused-ring (bicyclic) bond motifs is 2. The predicted molar refractivity (Wildman–Crippen MR) is 118 cm³/mol. The number of halogens is 2. The van der Waals surface area contributed by atoms with Crippen molar-refractivity contribution in [2.24, 2.45) is 0 Å². The molecule has 9 heteroatoms. The first-order valence-corrected chi connectivity index (χ1v) is 10.6. The summed E-state index contributed by atoms with van der Waals surface area (Å²) < 4.78 is 25.7. The molecule has 3 aromatic rings. The monoisotopic (exact) mass is 443 g/mol. The van der Waals surface area contributed by atoms with Crippen molar-refractivity contribution in [1.29, 1.82) is 0 Å². The van der Waals surface area contributed by atoms with Crippen molar-refractivity contribution in [2.45, 2.75) is 6.10 Å². The van der Waals surface area contributed by atoms with E-state index in [9.17, 15) is 4.39 Å². The molecule has 7 nitrogen and oxygen atoms in total. The molecule has 0 aliphatic carbocycles. The van der Waals surface area contributed by atoms with Crippen molar-refractivity contribution in [3.8, 4) is 11.5 Å². The molecular formula is C22H23ClFN5O2. The van der Waals surface area contributed by atoms with Crippen LogP contribution >= 0.6 is 11.6 Å². The van der Waals surface area contributed by atoms with Crippen LogP contribution < -0.4 is 14.8 Å². The molecule has 2 aliphatic heterocycles. The van der Waals surface area contributed by atoms with Crippen molar-refractivity contribution in [3.05, 3.63) is 47.5 Å². The molecule has 1 aromatic heterocycles. The van der Waals surface area contributed by atoms with E-state index in [4.69, 9.17) is 21.1 Å². The quantitative estimate of drug-likeness (QED) is 0.661. The van der Waals surface area contributed by atoms with Gasteiger partial charge in [0.1, 0.15) is 30.7 Å². The SMILES string of the molecule is CN1CCN(CC2COc3cc4ncnc(Nc5ccc(F)c(Cl)c5)c4cc3O2)CC1. The van der Waals surface area contributed by atoms with Crippen LogP contribution in [0.15, 0.2) is 36.7 Å². The molecule has 2 aromatic carbocycles. The first kappa shape index (κ1) is 20.2. The Labute approximate surface area is 184 Å². The molecule has 1 N–H and O–H groups in total. The third-order valence-corrected chi connectivity index (χ3v) is 5.95. The number of benzene rings is 2. The van der Waals surface area contributed by atoms with Gasteiger partial charge in [-0.15, -0.1) is 0 Å². The number of piperazine rings is 1. The molecule has 0 bridgehead atoms. The maximum absolute atomic E-state index is 13.5. The summed E-state index contributed by atoms with van der Waals surface area (Å²) in [7, 11) is 2.15. The van der Waals surface area contributed by atoms with Crippen LogP contribution in [0.2, 0.25) is 5.02 Å². The maximum atomic E-state index is 13.5. The van der Waals surface area contributed by atoms with E-state index in [0.717, 1.165) is 43.6 Å². The molecule has 31 heavy (non-hydrogen) atoms. The Hall–Kier alpha value is -2.68. The number of aromatic nitrogens is 2. The van der Waals surface area contributed by atoms with Gasteiger partial charge < -0.3 is 19.7 Å². The zero-order valence-corrected chi connectivity index (χ0v) is 17.9. The highest BCUT2D eigenvalue weighted by Gasteiger charge is 2.26. The second-order valence-electron chi connectivity index (χ2n) is 7.95. The van der Waals surface area contributed by atoms with E-state index in [0.29, 0.717) is 29.6 Å². The lowest BCUT2D eigenvalue weighted by Crippen LogP contribution is -2.49. The lowest BCUT2D eigenvalue weighted by Gasteiger charge is -2.36. The van der Waals surface area contributed by atoms with E-state index in [1.165, 1.54) is 18.5 Å². The van der Waals surface area contributed by atoms with E-state index >= 15 is 0 Å². The van der Waals surface area contributed by atoms with Gasteiger partial charge in [0.2, 0.25) is 0 Å². The molecule has 1 atom stereocenters. The van der Waals surface area contributed by atoms with Gasteiger partial charge in [0.05, 0.1) is 10.5 Å². The fraction of sp³-hybridized carbons (Fsp3) is 0.364. The van der Waals surface area contributed by atoms with Crippen LogP contribution in [0.4, 0.5) is 15.9 Å². The van der Waals surface area contributed by atoms with E-state index < -0.39 is 5.82 Å². The Morgan fingerprint density at radius 1 is 1.13 bits per heavy atom. The third kappa shape index (κ3) is 4.37. The number of rotatable bonds is 4. The second kappa shape index (κ2) is 8.45. The summed E-state index contributed by atoms with van der Waals surface area (Å²) in [4.78, 5) is 13.5. The maximum Gasteiger partial charge on any atom is 0.163 e. The molecule has 3 heterocycles. The third-order valence-electron chi connectivity index (χ3n) is 5.66. The Balaban J connectivity index is 1.38. The van der Waals surface area contributed by atoms with Crippen LogP contribution in [0.3, 0.4) is 0 Å². The van der Waals surface area contributed by atoms with Gasteiger partial charge in [-0.25, -0.2) is 14.4 Å². The first-order chi connectivity index (χ1) is 15.0. The van der Waals surface area contributed by atoms with Gasteiger partial charge in [-0.3, -0.25) is 4.90 Å². The molecule has 1 saturated heterocycles. The van der Waals surface area contributed by atoms with Crippen LogP contribution in [-0.4, -0.2) is 72.3 Å². The Bertz CT molecular complexity index is 1110. The average Bonchev–Trinajstić information content (AvgIpc) is 2.77. The van der Waals surface area contributed by atoms with Crippen LogP contribution in [0.25, 0.3) is 10.9 Å². The van der Waals surface area contributed by atoms with E-state index in [2.05, 4.69) is 32.1 Å². The summed E-state index contributed by atoms with van der Waals surface area (Å²) in [5.41, 5.74) is 1.36. The van der Waals surface area contributed by atoms with Gasteiger partial charge in [0.25, 0.3) is 0 Å². The van der Waals surface area contributed by atoms with Crippen LogP contribution in [0.5, 0.6) is 11.5 Å². The molecule has 2 aliphatic rings. The van der Waals surface area contributed by atoms with Crippen LogP contribution in [0, 0.1) is 5.82 Å². The van der Waals surface area contributed by atoms with Gasteiger partial charge in [-0.05, 0) is 31.3 Å². The van der Waals surface area contributed by atoms with Crippen molar-refractivity contribution in [2.75, 3.05) is 51.7 Å². The van der Waals surface area contributed by atoms with Crippen molar-refractivity contribution < 1.29 is 13.9 Å². The number of nitrogens with one attached hydrogen (secondary N) is 1. The summed E-state index contributed by atoms with van der Waals surface area (Å²) in [6, 6.07) is 8.21. The lowest BCUT2D eigenvalue weighted by atomic mass is 10.1. The van der Waals surface area contributed by atoms with Crippen LogP contribution in [-0.2, 0) is 0 Å². The topological polar surface area (TPSA) is 62.8 Å². The van der Waals surface area contributed by atoms with E-state index in [-0.39, 0.29) is 11.1 Å². The predicted octanol–water partition coefficient (Wildman–Crippen LogP) is 3.55. The van der Waals surface area contributed by atoms with Crippen molar-refractivity contribution in [1.82, 2.24) is 19.8 Å².